The second-order valence-corrected chi connectivity index (χ2v) is 7.37. The van der Waals surface area contributed by atoms with Crippen LogP contribution in [0.1, 0.15) is 41.3 Å². The smallest absolute Gasteiger partial charge is 0.251 e. The first-order valence-electron chi connectivity index (χ1n) is 10.0. The van der Waals surface area contributed by atoms with Crippen LogP contribution in [-0.4, -0.2) is 42.4 Å². The minimum Gasteiger partial charge on any atom is -0.355 e. The number of rotatable bonds is 8. The standard InChI is InChI=1S/C23H29N3O2/c1-18(26-15-13-19-8-5-6-11-21(19)17-26)16-25-22(27)12-7-14-24-23(28)20-9-3-2-4-10-20/h2-6,8-11,18H,7,12-17H2,1H3,(H,24,28)(H,25,27). The zero-order valence-electron chi connectivity index (χ0n) is 16.5. The number of fused-ring (bicyclic) bond motifs is 1. The zero-order chi connectivity index (χ0) is 19.8. The molecule has 0 fully saturated rings. The zero-order valence-corrected chi connectivity index (χ0v) is 16.5. The molecule has 2 aromatic rings. The predicted molar refractivity (Wildman–Crippen MR) is 111 cm³/mol. The Morgan fingerprint density at radius 2 is 1.71 bits per heavy atom. The molecular weight excluding hydrogens is 350 g/mol. The van der Waals surface area contributed by atoms with Crippen LogP contribution in [-0.2, 0) is 17.8 Å². The highest BCUT2D eigenvalue weighted by Crippen LogP contribution is 2.19. The first kappa shape index (κ1) is 20.1. The topological polar surface area (TPSA) is 61.4 Å². The molecule has 1 atom stereocenters. The van der Waals surface area contributed by atoms with Gasteiger partial charge in [0.05, 0.1) is 0 Å². The normalized spacial score (nSPS) is 14.8. The molecule has 5 heteroatoms. The van der Waals surface area contributed by atoms with Crippen LogP contribution in [0.3, 0.4) is 0 Å². The molecule has 1 aliphatic heterocycles. The second-order valence-electron chi connectivity index (χ2n) is 7.37. The van der Waals surface area contributed by atoms with Crippen molar-refractivity contribution in [1.82, 2.24) is 15.5 Å². The third-order valence-electron chi connectivity index (χ3n) is 5.28. The van der Waals surface area contributed by atoms with Crippen molar-refractivity contribution in [3.8, 4) is 0 Å². The van der Waals surface area contributed by atoms with Gasteiger partial charge >= 0.3 is 0 Å². The lowest BCUT2D eigenvalue weighted by atomic mass is 9.99. The van der Waals surface area contributed by atoms with Crippen molar-refractivity contribution >= 4 is 11.8 Å². The van der Waals surface area contributed by atoms with Crippen molar-refractivity contribution in [3.63, 3.8) is 0 Å². The Hall–Kier alpha value is -2.66. The number of carbonyl (C=O) groups excluding carboxylic acids is 2. The van der Waals surface area contributed by atoms with Gasteiger partial charge in [0.1, 0.15) is 0 Å². The van der Waals surface area contributed by atoms with Crippen LogP contribution < -0.4 is 10.6 Å². The third-order valence-corrected chi connectivity index (χ3v) is 5.28. The summed E-state index contributed by atoms with van der Waals surface area (Å²) < 4.78 is 0. The monoisotopic (exact) mass is 379 g/mol. The largest absolute Gasteiger partial charge is 0.355 e. The van der Waals surface area contributed by atoms with Gasteiger partial charge in [-0.15, -0.1) is 0 Å². The number of nitrogens with one attached hydrogen (secondary N) is 2. The van der Waals surface area contributed by atoms with Crippen LogP contribution in [0.2, 0.25) is 0 Å². The fourth-order valence-corrected chi connectivity index (χ4v) is 3.52. The van der Waals surface area contributed by atoms with Gasteiger partial charge in [-0.3, -0.25) is 14.5 Å². The molecule has 1 aliphatic rings. The molecule has 0 saturated carbocycles. The minimum atomic E-state index is -0.0972. The number of hydrogen-bond donors (Lipinski definition) is 2. The molecule has 0 aliphatic carbocycles. The SMILES string of the molecule is CC(CNC(=O)CCCNC(=O)c1ccccc1)N1CCc2ccccc2C1. The minimum absolute atomic E-state index is 0.0400. The molecule has 0 saturated heterocycles. The van der Waals surface area contributed by atoms with Crippen LogP contribution >= 0.6 is 0 Å². The lowest BCUT2D eigenvalue weighted by Gasteiger charge is -2.33. The molecule has 0 aromatic heterocycles. The van der Waals surface area contributed by atoms with Crippen LogP contribution in [0.25, 0.3) is 0 Å². The average molecular weight is 380 g/mol. The summed E-state index contributed by atoms with van der Waals surface area (Å²) in [6, 6.07) is 18.0. The van der Waals surface area contributed by atoms with Crippen molar-refractivity contribution in [2.45, 2.75) is 38.8 Å². The van der Waals surface area contributed by atoms with Crippen molar-refractivity contribution < 1.29 is 9.59 Å². The summed E-state index contributed by atoms with van der Waals surface area (Å²) in [5.41, 5.74) is 3.47. The van der Waals surface area contributed by atoms with Crippen LogP contribution in [0.5, 0.6) is 0 Å². The summed E-state index contributed by atoms with van der Waals surface area (Å²) in [5.74, 6) is -0.0572. The first-order valence-corrected chi connectivity index (χ1v) is 10.0. The molecule has 148 valence electrons. The molecule has 3 rings (SSSR count). The van der Waals surface area contributed by atoms with E-state index in [-0.39, 0.29) is 11.8 Å². The van der Waals surface area contributed by atoms with Crippen LogP contribution in [0.15, 0.2) is 54.6 Å². The first-order chi connectivity index (χ1) is 13.6. The molecule has 0 spiro atoms. The van der Waals surface area contributed by atoms with Gasteiger partial charge in [-0.25, -0.2) is 0 Å². The lowest BCUT2D eigenvalue weighted by molar-refractivity contribution is -0.121. The Morgan fingerprint density at radius 1 is 1.00 bits per heavy atom. The van der Waals surface area contributed by atoms with Crippen molar-refractivity contribution in [2.75, 3.05) is 19.6 Å². The van der Waals surface area contributed by atoms with E-state index in [9.17, 15) is 9.59 Å². The Labute approximate surface area is 167 Å². The number of amides is 2. The molecule has 2 aromatic carbocycles. The van der Waals surface area contributed by atoms with E-state index in [1.54, 1.807) is 12.1 Å². The number of carbonyl (C=O) groups is 2. The van der Waals surface area contributed by atoms with E-state index in [1.165, 1.54) is 11.1 Å². The van der Waals surface area contributed by atoms with E-state index < -0.39 is 0 Å². The number of hydrogen-bond acceptors (Lipinski definition) is 3. The fourth-order valence-electron chi connectivity index (χ4n) is 3.52. The number of benzene rings is 2. The molecule has 5 nitrogen and oxygen atoms in total. The van der Waals surface area contributed by atoms with Gasteiger partial charge in [-0.05, 0) is 43.0 Å². The maximum absolute atomic E-state index is 12.1. The maximum atomic E-state index is 12.1. The highest BCUT2D eigenvalue weighted by molar-refractivity contribution is 5.94. The van der Waals surface area contributed by atoms with E-state index in [2.05, 4.69) is 46.7 Å². The summed E-state index contributed by atoms with van der Waals surface area (Å²) in [6.07, 6.45) is 2.12. The molecule has 28 heavy (non-hydrogen) atoms. The molecule has 2 N–H and O–H groups in total. The fraction of sp³-hybridized carbons (Fsp3) is 0.391. The van der Waals surface area contributed by atoms with Crippen LogP contribution in [0.4, 0.5) is 0 Å². The number of nitrogens with zero attached hydrogens (tertiary/aromatic N) is 1. The summed E-state index contributed by atoms with van der Waals surface area (Å²) in [5, 5.41) is 5.88. The van der Waals surface area contributed by atoms with E-state index in [1.807, 2.05) is 18.2 Å². The summed E-state index contributed by atoms with van der Waals surface area (Å²) >= 11 is 0. The van der Waals surface area contributed by atoms with Crippen molar-refractivity contribution in [3.05, 3.63) is 71.3 Å². The van der Waals surface area contributed by atoms with Gasteiger partial charge in [0.15, 0.2) is 0 Å². The predicted octanol–water partition coefficient (Wildman–Crippen LogP) is 2.76. The van der Waals surface area contributed by atoms with Gasteiger partial charge in [-0.2, -0.15) is 0 Å². The second kappa shape index (κ2) is 10.0. The van der Waals surface area contributed by atoms with Gasteiger partial charge in [-0.1, -0.05) is 42.5 Å². The molecule has 1 unspecified atom stereocenters. The van der Waals surface area contributed by atoms with E-state index >= 15 is 0 Å². The van der Waals surface area contributed by atoms with Crippen molar-refractivity contribution in [1.29, 1.82) is 0 Å². The van der Waals surface area contributed by atoms with Crippen molar-refractivity contribution in [2.24, 2.45) is 0 Å². The molecule has 1 heterocycles. The summed E-state index contributed by atoms with van der Waals surface area (Å²) in [6.45, 7) is 5.28. The maximum Gasteiger partial charge on any atom is 0.251 e. The Balaban J connectivity index is 1.32. The highest BCUT2D eigenvalue weighted by atomic mass is 16.2. The molecule has 0 bridgehead atoms. The molecule has 0 radical (unpaired) electrons. The molecular formula is C23H29N3O2. The average Bonchev–Trinajstić information content (AvgIpc) is 2.75. The Morgan fingerprint density at radius 3 is 2.50 bits per heavy atom. The van der Waals surface area contributed by atoms with E-state index in [0.29, 0.717) is 37.5 Å². The van der Waals surface area contributed by atoms with Crippen LogP contribution in [0, 0.1) is 0 Å². The third kappa shape index (κ3) is 5.67. The van der Waals surface area contributed by atoms with Gasteiger partial charge in [0.25, 0.3) is 5.91 Å². The Kier molecular flexibility index (Phi) is 7.20. The van der Waals surface area contributed by atoms with E-state index in [0.717, 1.165) is 19.5 Å². The lowest BCUT2D eigenvalue weighted by Crippen LogP contribution is -2.44. The van der Waals surface area contributed by atoms with Gasteiger partial charge < -0.3 is 10.6 Å². The van der Waals surface area contributed by atoms with Gasteiger partial charge in [0, 0.05) is 44.2 Å². The quantitative estimate of drug-likeness (QED) is 0.694. The highest BCUT2D eigenvalue weighted by Gasteiger charge is 2.20. The molecule has 2 amide bonds. The summed E-state index contributed by atoms with van der Waals surface area (Å²) in [4.78, 5) is 26.5. The summed E-state index contributed by atoms with van der Waals surface area (Å²) in [7, 11) is 0. The van der Waals surface area contributed by atoms with E-state index in [4.69, 9.17) is 0 Å². The van der Waals surface area contributed by atoms with Gasteiger partial charge in [0.2, 0.25) is 5.91 Å². The Bertz CT molecular complexity index is 791.